The molecule has 0 bridgehead atoms. The van der Waals surface area contributed by atoms with Crippen LogP contribution in [0, 0.1) is 13.8 Å². The number of halogens is 1. The first-order chi connectivity index (χ1) is 8.47. The van der Waals surface area contributed by atoms with Crippen molar-refractivity contribution in [1.29, 1.82) is 0 Å². The summed E-state index contributed by atoms with van der Waals surface area (Å²) >= 11 is 3.50. The number of nitrogens with zero attached hydrogens (tertiary/aromatic N) is 2. The van der Waals surface area contributed by atoms with Crippen molar-refractivity contribution in [2.24, 2.45) is 7.05 Å². The van der Waals surface area contributed by atoms with Crippen LogP contribution in [-0.4, -0.2) is 14.9 Å². The van der Waals surface area contributed by atoms with Crippen LogP contribution in [0.15, 0.2) is 28.7 Å². The summed E-state index contributed by atoms with van der Waals surface area (Å²) in [6, 6.07) is 8.00. The molecule has 0 aliphatic rings. The minimum absolute atomic E-state index is 0.519. The highest BCUT2D eigenvalue weighted by molar-refractivity contribution is 9.10. The van der Waals surface area contributed by atoms with E-state index < -0.39 is 6.10 Å². The number of benzene rings is 1. The van der Waals surface area contributed by atoms with Crippen molar-refractivity contribution >= 4 is 15.9 Å². The van der Waals surface area contributed by atoms with Crippen molar-refractivity contribution in [3.63, 3.8) is 0 Å². The van der Waals surface area contributed by atoms with Gasteiger partial charge in [-0.2, -0.15) is 5.10 Å². The van der Waals surface area contributed by atoms with Crippen LogP contribution >= 0.6 is 15.9 Å². The predicted octanol–water partition coefficient (Wildman–Crippen LogP) is 3.08. The molecule has 96 valence electrons. The van der Waals surface area contributed by atoms with Gasteiger partial charge >= 0.3 is 0 Å². The standard InChI is InChI=1S/C14H17BrN2O/c1-9-4-5-12(13(15)6-9)14(18)8-11-7-10(2)16-17(11)3/h4-7,14,18H,8H2,1-3H3. The molecule has 1 atom stereocenters. The van der Waals surface area contributed by atoms with Crippen LogP contribution in [0.25, 0.3) is 0 Å². The quantitative estimate of drug-likeness (QED) is 0.946. The van der Waals surface area contributed by atoms with Crippen molar-refractivity contribution in [3.05, 3.63) is 51.3 Å². The Morgan fingerprint density at radius 3 is 2.61 bits per heavy atom. The zero-order valence-electron chi connectivity index (χ0n) is 10.8. The molecule has 3 nitrogen and oxygen atoms in total. The van der Waals surface area contributed by atoms with Gasteiger partial charge in [0.2, 0.25) is 0 Å². The lowest BCUT2D eigenvalue weighted by Crippen LogP contribution is -2.07. The fourth-order valence-electron chi connectivity index (χ4n) is 2.07. The largest absolute Gasteiger partial charge is 0.388 e. The minimum atomic E-state index is -0.519. The second kappa shape index (κ2) is 5.24. The molecule has 2 aromatic rings. The molecule has 0 aliphatic carbocycles. The van der Waals surface area contributed by atoms with E-state index in [2.05, 4.69) is 21.0 Å². The summed E-state index contributed by atoms with van der Waals surface area (Å²) in [5, 5.41) is 14.6. The Labute approximate surface area is 116 Å². The third-order valence-electron chi connectivity index (χ3n) is 3.02. The van der Waals surface area contributed by atoms with Gasteiger partial charge in [-0.25, -0.2) is 0 Å². The number of aliphatic hydroxyl groups is 1. The Morgan fingerprint density at radius 2 is 2.06 bits per heavy atom. The molecule has 1 aromatic carbocycles. The number of aromatic nitrogens is 2. The van der Waals surface area contributed by atoms with E-state index in [0.717, 1.165) is 21.4 Å². The van der Waals surface area contributed by atoms with Gasteiger partial charge in [-0.05, 0) is 37.1 Å². The molecule has 1 aromatic heterocycles. The second-order valence-corrected chi connectivity index (χ2v) is 5.50. The summed E-state index contributed by atoms with van der Waals surface area (Å²) in [6.45, 7) is 3.99. The first-order valence-corrected chi connectivity index (χ1v) is 6.70. The smallest absolute Gasteiger partial charge is 0.0856 e. The maximum Gasteiger partial charge on any atom is 0.0856 e. The normalized spacial score (nSPS) is 12.7. The van der Waals surface area contributed by atoms with E-state index in [1.807, 2.05) is 49.8 Å². The number of rotatable bonds is 3. The van der Waals surface area contributed by atoms with Crippen LogP contribution in [0.1, 0.15) is 28.6 Å². The van der Waals surface area contributed by atoms with Gasteiger partial charge in [0.05, 0.1) is 11.8 Å². The monoisotopic (exact) mass is 308 g/mol. The molecule has 2 rings (SSSR count). The Morgan fingerprint density at radius 1 is 1.33 bits per heavy atom. The van der Waals surface area contributed by atoms with Gasteiger partial charge < -0.3 is 5.11 Å². The third kappa shape index (κ3) is 2.82. The number of hydrogen-bond donors (Lipinski definition) is 1. The van der Waals surface area contributed by atoms with Crippen molar-refractivity contribution in [2.45, 2.75) is 26.4 Å². The van der Waals surface area contributed by atoms with Crippen LogP contribution < -0.4 is 0 Å². The zero-order valence-corrected chi connectivity index (χ0v) is 12.4. The van der Waals surface area contributed by atoms with Crippen molar-refractivity contribution in [2.75, 3.05) is 0 Å². The van der Waals surface area contributed by atoms with Gasteiger partial charge in [0, 0.05) is 23.6 Å². The van der Waals surface area contributed by atoms with E-state index in [1.165, 1.54) is 5.56 Å². The summed E-state index contributed by atoms with van der Waals surface area (Å²) in [7, 11) is 1.90. The average Bonchev–Trinajstić information content (AvgIpc) is 2.57. The zero-order chi connectivity index (χ0) is 13.3. The van der Waals surface area contributed by atoms with E-state index in [0.29, 0.717) is 6.42 Å². The number of hydrogen-bond acceptors (Lipinski definition) is 2. The lowest BCUT2D eigenvalue weighted by atomic mass is 10.0. The summed E-state index contributed by atoms with van der Waals surface area (Å²) < 4.78 is 2.77. The number of aryl methyl sites for hydroxylation is 3. The summed E-state index contributed by atoms with van der Waals surface area (Å²) in [6.07, 6.45) is 0.0497. The van der Waals surface area contributed by atoms with Crippen LogP contribution in [0.3, 0.4) is 0 Å². The van der Waals surface area contributed by atoms with Crippen LogP contribution in [0.5, 0.6) is 0 Å². The molecule has 0 saturated carbocycles. The Kier molecular flexibility index (Phi) is 3.88. The molecular formula is C14H17BrN2O. The highest BCUT2D eigenvalue weighted by Crippen LogP contribution is 2.27. The van der Waals surface area contributed by atoms with Gasteiger partial charge in [0.1, 0.15) is 0 Å². The number of aliphatic hydroxyl groups excluding tert-OH is 1. The maximum atomic E-state index is 10.3. The molecule has 0 amide bonds. The molecule has 0 fully saturated rings. The topological polar surface area (TPSA) is 38.1 Å². The van der Waals surface area contributed by atoms with Crippen LogP contribution in [0.2, 0.25) is 0 Å². The molecule has 0 radical (unpaired) electrons. The van der Waals surface area contributed by atoms with Crippen molar-refractivity contribution in [1.82, 2.24) is 9.78 Å². The lowest BCUT2D eigenvalue weighted by molar-refractivity contribution is 0.175. The van der Waals surface area contributed by atoms with Crippen molar-refractivity contribution in [3.8, 4) is 0 Å². The van der Waals surface area contributed by atoms with Gasteiger partial charge in [-0.3, -0.25) is 4.68 Å². The Hall–Kier alpha value is -1.13. The molecule has 0 saturated heterocycles. The van der Waals surface area contributed by atoms with Gasteiger partial charge in [-0.15, -0.1) is 0 Å². The molecule has 1 unspecified atom stereocenters. The lowest BCUT2D eigenvalue weighted by Gasteiger charge is -2.13. The van der Waals surface area contributed by atoms with Crippen molar-refractivity contribution < 1.29 is 5.11 Å². The Balaban J connectivity index is 2.21. The van der Waals surface area contributed by atoms with Gasteiger partial charge in [-0.1, -0.05) is 28.1 Å². The van der Waals surface area contributed by atoms with E-state index in [-0.39, 0.29) is 0 Å². The summed E-state index contributed by atoms with van der Waals surface area (Å²) in [5.74, 6) is 0. The maximum absolute atomic E-state index is 10.3. The second-order valence-electron chi connectivity index (χ2n) is 4.65. The molecular weight excluding hydrogens is 292 g/mol. The molecule has 0 spiro atoms. The molecule has 1 N–H and O–H groups in total. The Bertz CT molecular complexity index is 563. The highest BCUT2D eigenvalue weighted by atomic mass is 79.9. The average molecular weight is 309 g/mol. The summed E-state index contributed by atoms with van der Waals surface area (Å²) in [4.78, 5) is 0. The van der Waals surface area contributed by atoms with E-state index >= 15 is 0 Å². The van der Waals surface area contributed by atoms with Crippen LogP contribution in [0.4, 0.5) is 0 Å². The molecule has 18 heavy (non-hydrogen) atoms. The first kappa shape index (κ1) is 13.3. The van der Waals surface area contributed by atoms with E-state index in [9.17, 15) is 5.11 Å². The molecule has 4 heteroatoms. The fourth-order valence-corrected chi connectivity index (χ4v) is 2.82. The molecule has 1 heterocycles. The minimum Gasteiger partial charge on any atom is -0.388 e. The first-order valence-electron chi connectivity index (χ1n) is 5.91. The van der Waals surface area contributed by atoms with E-state index in [4.69, 9.17) is 0 Å². The van der Waals surface area contributed by atoms with Crippen LogP contribution in [-0.2, 0) is 13.5 Å². The summed E-state index contributed by atoms with van der Waals surface area (Å²) in [5.41, 5.74) is 4.10. The predicted molar refractivity (Wildman–Crippen MR) is 75.5 cm³/mol. The fraction of sp³-hybridized carbons (Fsp3) is 0.357. The third-order valence-corrected chi connectivity index (χ3v) is 3.70. The van der Waals surface area contributed by atoms with Gasteiger partial charge in [0.15, 0.2) is 0 Å². The van der Waals surface area contributed by atoms with Gasteiger partial charge in [0.25, 0.3) is 0 Å². The van der Waals surface area contributed by atoms with E-state index in [1.54, 1.807) is 0 Å². The SMILES string of the molecule is Cc1ccc(C(O)Cc2cc(C)nn2C)c(Br)c1. The highest BCUT2D eigenvalue weighted by Gasteiger charge is 2.14. The molecule has 0 aliphatic heterocycles.